The van der Waals surface area contributed by atoms with Crippen LogP contribution in [0.5, 0.6) is 0 Å². The Morgan fingerprint density at radius 3 is 2.81 bits per heavy atom. The average Bonchev–Trinajstić information content (AvgIpc) is 2.64. The van der Waals surface area contributed by atoms with Gasteiger partial charge in [-0.15, -0.1) is 11.3 Å². The lowest BCUT2D eigenvalue weighted by Crippen LogP contribution is -2.15. The normalized spacial score (nSPS) is 12.9. The maximum absolute atomic E-state index is 5.52. The van der Waals surface area contributed by atoms with Crippen molar-refractivity contribution in [1.82, 2.24) is 5.32 Å². The van der Waals surface area contributed by atoms with Crippen molar-refractivity contribution in [3.05, 3.63) is 21.9 Å². The Morgan fingerprint density at radius 2 is 2.19 bits per heavy atom. The lowest BCUT2D eigenvalue weighted by Gasteiger charge is -2.09. The van der Waals surface area contributed by atoms with Crippen LogP contribution in [0, 0.1) is 12.8 Å². The van der Waals surface area contributed by atoms with Gasteiger partial charge in [-0.25, -0.2) is 0 Å². The van der Waals surface area contributed by atoms with Crippen molar-refractivity contribution >= 4 is 11.3 Å². The molecular formula is C13H24N2S. The van der Waals surface area contributed by atoms with Crippen molar-refractivity contribution < 1.29 is 0 Å². The Balaban J connectivity index is 2.00. The first kappa shape index (κ1) is 13.7. The van der Waals surface area contributed by atoms with E-state index in [-0.39, 0.29) is 0 Å². The highest BCUT2D eigenvalue weighted by atomic mass is 32.1. The minimum absolute atomic E-state index is 0.774. The number of thiophene rings is 1. The molecule has 0 amide bonds. The molecule has 16 heavy (non-hydrogen) atoms. The number of hydrogen-bond donors (Lipinski definition) is 2. The molecule has 0 aromatic carbocycles. The standard InChI is InChI=1S/C13H24N2S/c1-11(7-8-14)4-3-9-15-10-13-6-5-12(2)16-13/h5-6,11,15H,3-4,7-10,14H2,1-2H3. The second-order valence-electron chi connectivity index (χ2n) is 4.51. The number of nitrogens with one attached hydrogen (secondary N) is 1. The first-order valence-electron chi connectivity index (χ1n) is 6.18. The van der Waals surface area contributed by atoms with E-state index in [1.807, 2.05) is 11.3 Å². The molecule has 0 bridgehead atoms. The van der Waals surface area contributed by atoms with Crippen LogP contribution in [0.15, 0.2) is 12.1 Å². The van der Waals surface area contributed by atoms with Gasteiger partial charge in [0.15, 0.2) is 0 Å². The molecule has 0 aliphatic heterocycles. The van der Waals surface area contributed by atoms with Crippen LogP contribution < -0.4 is 11.1 Å². The molecule has 1 atom stereocenters. The Kier molecular flexibility index (Phi) is 6.69. The van der Waals surface area contributed by atoms with E-state index in [4.69, 9.17) is 5.73 Å². The molecule has 0 radical (unpaired) electrons. The van der Waals surface area contributed by atoms with Gasteiger partial charge < -0.3 is 11.1 Å². The number of hydrogen-bond acceptors (Lipinski definition) is 3. The molecule has 0 saturated carbocycles. The second kappa shape index (κ2) is 7.82. The highest BCUT2D eigenvalue weighted by Gasteiger charge is 2.00. The van der Waals surface area contributed by atoms with Gasteiger partial charge in [-0.2, -0.15) is 0 Å². The van der Waals surface area contributed by atoms with Gasteiger partial charge in [-0.1, -0.05) is 6.92 Å². The third-order valence-corrected chi connectivity index (χ3v) is 3.81. The summed E-state index contributed by atoms with van der Waals surface area (Å²) >= 11 is 1.88. The van der Waals surface area contributed by atoms with E-state index < -0.39 is 0 Å². The van der Waals surface area contributed by atoms with Crippen LogP contribution in [-0.4, -0.2) is 13.1 Å². The fourth-order valence-corrected chi connectivity index (χ4v) is 2.66. The SMILES string of the molecule is Cc1ccc(CNCCCC(C)CCN)s1. The molecule has 3 heteroatoms. The third kappa shape index (κ3) is 5.64. The fourth-order valence-electron chi connectivity index (χ4n) is 1.80. The lowest BCUT2D eigenvalue weighted by atomic mass is 10.0. The summed E-state index contributed by atoms with van der Waals surface area (Å²) in [5.74, 6) is 0.774. The molecule has 0 aliphatic carbocycles. The molecule has 1 rings (SSSR count). The van der Waals surface area contributed by atoms with Crippen molar-refractivity contribution in [2.75, 3.05) is 13.1 Å². The van der Waals surface area contributed by atoms with Crippen molar-refractivity contribution in [2.45, 2.75) is 39.7 Å². The largest absolute Gasteiger partial charge is 0.330 e. The van der Waals surface area contributed by atoms with Crippen LogP contribution in [0.3, 0.4) is 0 Å². The van der Waals surface area contributed by atoms with Gasteiger partial charge in [0.2, 0.25) is 0 Å². The summed E-state index contributed by atoms with van der Waals surface area (Å²) in [5, 5.41) is 3.49. The van der Waals surface area contributed by atoms with Gasteiger partial charge in [0, 0.05) is 16.3 Å². The quantitative estimate of drug-likeness (QED) is 0.686. The summed E-state index contributed by atoms with van der Waals surface area (Å²) in [6, 6.07) is 4.40. The monoisotopic (exact) mass is 240 g/mol. The Labute approximate surface area is 103 Å². The van der Waals surface area contributed by atoms with Crippen LogP contribution in [0.2, 0.25) is 0 Å². The van der Waals surface area contributed by atoms with Crippen LogP contribution >= 0.6 is 11.3 Å². The zero-order chi connectivity index (χ0) is 11.8. The molecule has 1 aromatic heterocycles. The summed E-state index contributed by atoms with van der Waals surface area (Å²) in [6.07, 6.45) is 3.70. The zero-order valence-electron chi connectivity index (χ0n) is 10.5. The van der Waals surface area contributed by atoms with E-state index in [2.05, 4.69) is 31.3 Å². The van der Waals surface area contributed by atoms with Crippen LogP contribution in [-0.2, 0) is 6.54 Å². The molecule has 2 nitrogen and oxygen atoms in total. The summed E-state index contributed by atoms with van der Waals surface area (Å²) in [6.45, 7) is 7.40. The molecule has 0 fully saturated rings. The van der Waals surface area contributed by atoms with E-state index in [9.17, 15) is 0 Å². The van der Waals surface area contributed by atoms with Crippen LogP contribution in [0.4, 0.5) is 0 Å². The minimum Gasteiger partial charge on any atom is -0.330 e. The van der Waals surface area contributed by atoms with E-state index >= 15 is 0 Å². The Hall–Kier alpha value is -0.380. The van der Waals surface area contributed by atoms with Crippen molar-refractivity contribution in [1.29, 1.82) is 0 Å². The molecule has 1 unspecified atom stereocenters. The Bertz CT molecular complexity index is 283. The summed E-state index contributed by atoms with van der Waals surface area (Å²) < 4.78 is 0. The number of nitrogens with two attached hydrogens (primary N) is 1. The number of aryl methyl sites for hydroxylation is 1. The molecule has 3 N–H and O–H groups in total. The first-order chi connectivity index (χ1) is 7.72. The summed E-state index contributed by atoms with van der Waals surface area (Å²) in [7, 11) is 0. The van der Waals surface area contributed by atoms with Crippen molar-refractivity contribution in [2.24, 2.45) is 11.7 Å². The lowest BCUT2D eigenvalue weighted by molar-refractivity contribution is 0.469. The predicted molar refractivity (Wildman–Crippen MR) is 72.8 cm³/mol. The van der Waals surface area contributed by atoms with Crippen molar-refractivity contribution in [3.8, 4) is 0 Å². The Morgan fingerprint density at radius 1 is 1.38 bits per heavy atom. The molecule has 1 aromatic rings. The van der Waals surface area contributed by atoms with Gasteiger partial charge >= 0.3 is 0 Å². The fraction of sp³-hybridized carbons (Fsp3) is 0.692. The van der Waals surface area contributed by atoms with Gasteiger partial charge in [-0.3, -0.25) is 0 Å². The maximum Gasteiger partial charge on any atom is 0.0299 e. The van der Waals surface area contributed by atoms with Gasteiger partial charge in [-0.05, 0) is 57.3 Å². The molecule has 1 heterocycles. The summed E-state index contributed by atoms with van der Waals surface area (Å²) in [4.78, 5) is 2.83. The highest BCUT2D eigenvalue weighted by Crippen LogP contribution is 2.14. The minimum atomic E-state index is 0.774. The van der Waals surface area contributed by atoms with E-state index in [0.29, 0.717) is 0 Å². The van der Waals surface area contributed by atoms with E-state index in [1.54, 1.807) is 0 Å². The molecule has 92 valence electrons. The van der Waals surface area contributed by atoms with E-state index in [1.165, 1.54) is 22.6 Å². The van der Waals surface area contributed by atoms with E-state index in [0.717, 1.165) is 32.0 Å². The second-order valence-corrected chi connectivity index (χ2v) is 5.89. The third-order valence-electron chi connectivity index (χ3n) is 2.81. The van der Waals surface area contributed by atoms with Gasteiger partial charge in [0.25, 0.3) is 0 Å². The zero-order valence-corrected chi connectivity index (χ0v) is 11.3. The maximum atomic E-state index is 5.52. The number of rotatable bonds is 8. The van der Waals surface area contributed by atoms with Crippen LogP contribution in [0.25, 0.3) is 0 Å². The first-order valence-corrected chi connectivity index (χ1v) is 7.00. The predicted octanol–water partition coefficient (Wildman–Crippen LogP) is 2.91. The summed E-state index contributed by atoms with van der Waals surface area (Å²) in [5.41, 5.74) is 5.52. The van der Waals surface area contributed by atoms with Gasteiger partial charge in [0.1, 0.15) is 0 Å². The van der Waals surface area contributed by atoms with Crippen molar-refractivity contribution in [3.63, 3.8) is 0 Å². The van der Waals surface area contributed by atoms with Gasteiger partial charge in [0.05, 0.1) is 0 Å². The molecule has 0 spiro atoms. The molecule has 0 saturated heterocycles. The molecule has 0 aliphatic rings. The smallest absolute Gasteiger partial charge is 0.0299 e. The highest BCUT2D eigenvalue weighted by molar-refractivity contribution is 7.11. The average molecular weight is 240 g/mol. The molecular weight excluding hydrogens is 216 g/mol. The van der Waals surface area contributed by atoms with Crippen LogP contribution in [0.1, 0.15) is 35.9 Å². The topological polar surface area (TPSA) is 38.0 Å².